The number of hydrogen-bond acceptors (Lipinski definition) is 4. The number of esters is 2. The van der Waals surface area contributed by atoms with Crippen LogP contribution in [0.4, 0.5) is 0 Å². The SMILES string of the molecule is O=C(CCCCI)OCOC(=O)CCCCI. The summed E-state index contributed by atoms with van der Waals surface area (Å²) in [6, 6.07) is 0. The number of rotatable bonds is 10. The average molecular weight is 468 g/mol. The number of halogens is 2. The molecule has 0 saturated carbocycles. The van der Waals surface area contributed by atoms with Crippen LogP contribution in [0.2, 0.25) is 0 Å². The molecule has 0 aromatic rings. The second-order valence-corrected chi connectivity index (χ2v) is 5.60. The molecular weight excluding hydrogens is 450 g/mol. The molecule has 6 heteroatoms. The van der Waals surface area contributed by atoms with Crippen molar-refractivity contribution in [2.75, 3.05) is 15.6 Å². The minimum Gasteiger partial charge on any atom is -0.428 e. The molecule has 0 heterocycles. The van der Waals surface area contributed by atoms with Crippen molar-refractivity contribution < 1.29 is 19.1 Å². The highest BCUT2D eigenvalue weighted by Crippen LogP contribution is 2.02. The molecule has 0 atom stereocenters. The molecule has 0 bridgehead atoms. The van der Waals surface area contributed by atoms with Gasteiger partial charge in [-0.2, -0.15) is 0 Å². The number of unbranched alkanes of at least 4 members (excludes halogenated alkanes) is 2. The summed E-state index contributed by atoms with van der Waals surface area (Å²) in [6.45, 7) is -0.244. The van der Waals surface area contributed by atoms with E-state index in [2.05, 4.69) is 45.2 Å². The summed E-state index contributed by atoms with van der Waals surface area (Å²) in [5.41, 5.74) is 0. The maximum Gasteiger partial charge on any atom is 0.308 e. The lowest BCUT2D eigenvalue weighted by Crippen LogP contribution is -2.12. The molecule has 0 aliphatic rings. The first-order valence-electron chi connectivity index (χ1n) is 5.64. The molecule has 0 unspecified atom stereocenters. The van der Waals surface area contributed by atoms with Gasteiger partial charge < -0.3 is 9.47 Å². The first-order valence-corrected chi connectivity index (χ1v) is 8.69. The standard InChI is InChI=1S/C11H18I2O4/c12-7-3-1-5-10(14)16-9-17-11(15)6-2-4-8-13/h1-9H2. The van der Waals surface area contributed by atoms with Crippen LogP contribution in [0.3, 0.4) is 0 Å². The maximum atomic E-state index is 11.1. The Kier molecular flexibility index (Phi) is 13.1. The molecule has 0 amide bonds. The molecule has 0 saturated heterocycles. The van der Waals surface area contributed by atoms with Crippen molar-refractivity contribution in [3.8, 4) is 0 Å². The lowest BCUT2D eigenvalue weighted by atomic mass is 10.2. The molecule has 4 nitrogen and oxygen atoms in total. The Hall–Kier alpha value is 0.400. The topological polar surface area (TPSA) is 52.6 Å². The normalized spacial score (nSPS) is 10.0. The summed E-state index contributed by atoms with van der Waals surface area (Å²) in [6.07, 6.45) is 4.46. The van der Waals surface area contributed by atoms with E-state index in [9.17, 15) is 9.59 Å². The highest BCUT2D eigenvalue weighted by molar-refractivity contribution is 14.1. The van der Waals surface area contributed by atoms with Crippen LogP contribution >= 0.6 is 45.2 Å². The monoisotopic (exact) mass is 468 g/mol. The molecule has 0 spiro atoms. The lowest BCUT2D eigenvalue weighted by molar-refractivity contribution is -0.167. The zero-order valence-electron chi connectivity index (χ0n) is 9.75. The number of carbonyl (C=O) groups is 2. The number of ether oxygens (including phenoxy) is 2. The summed E-state index contributed by atoms with van der Waals surface area (Å²) in [7, 11) is 0. The van der Waals surface area contributed by atoms with Crippen LogP contribution in [-0.2, 0) is 19.1 Å². The van der Waals surface area contributed by atoms with E-state index in [0.717, 1.165) is 34.5 Å². The molecule has 0 fully saturated rings. The van der Waals surface area contributed by atoms with Crippen LogP contribution in [0.5, 0.6) is 0 Å². The van der Waals surface area contributed by atoms with Crippen LogP contribution < -0.4 is 0 Å². The van der Waals surface area contributed by atoms with Gasteiger partial charge in [-0.3, -0.25) is 9.59 Å². The van der Waals surface area contributed by atoms with Gasteiger partial charge in [-0.15, -0.1) is 0 Å². The van der Waals surface area contributed by atoms with E-state index in [-0.39, 0.29) is 18.7 Å². The van der Waals surface area contributed by atoms with E-state index < -0.39 is 0 Å². The molecule has 0 rings (SSSR count). The Morgan fingerprint density at radius 1 is 0.765 bits per heavy atom. The molecule has 0 N–H and O–H groups in total. The summed E-state index contributed by atoms with van der Waals surface area (Å²) >= 11 is 4.53. The predicted octanol–water partition coefficient (Wildman–Crippen LogP) is 3.24. The smallest absolute Gasteiger partial charge is 0.308 e. The Morgan fingerprint density at radius 3 is 1.53 bits per heavy atom. The quantitative estimate of drug-likeness (QED) is 0.163. The zero-order valence-corrected chi connectivity index (χ0v) is 14.1. The molecule has 0 radical (unpaired) electrons. The van der Waals surface area contributed by atoms with E-state index in [1.165, 1.54) is 0 Å². The number of carbonyl (C=O) groups excluding carboxylic acids is 2. The largest absolute Gasteiger partial charge is 0.428 e. The molecule has 0 aromatic heterocycles. The van der Waals surface area contributed by atoms with Crippen LogP contribution in [0, 0.1) is 0 Å². The number of alkyl halides is 2. The van der Waals surface area contributed by atoms with Gasteiger partial charge in [0.15, 0.2) is 0 Å². The van der Waals surface area contributed by atoms with Gasteiger partial charge in [0.05, 0.1) is 0 Å². The molecule has 100 valence electrons. The van der Waals surface area contributed by atoms with Gasteiger partial charge >= 0.3 is 11.9 Å². The van der Waals surface area contributed by atoms with Crippen molar-refractivity contribution in [2.24, 2.45) is 0 Å². The maximum absolute atomic E-state index is 11.1. The minimum atomic E-state index is -0.296. The summed E-state index contributed by atoms with van der Waals surface area (Å²) < 4.78 is 11.6. The third-order valence-electron chi connectivity index (χ3n) is 1.97. The fraction of sp³-hybridized carbons (Fsp3) is 0.818. The van der Waals surface area contributed by atoms with Gasteiger partial charge in [0.1, 0.15) is 0 Å². The average Bonchev–Trinajstić information content (AvgIpc) is 2.30. The molecule has 0 aromatic carbocycles. The van der Waals surface area contributed by atoms with E-state index in [0.29, 0.717) is 12.8 Å². The summed E-state index contributed by atoms with van der Waals surface area (Å²) in [5.74, 6) is -0.593. The van der Waals surface area contributed by atoms with Crippen molar-refractivity contribution in [1.82, 2.24) is 0 Å². The van der Waals surface area contributed by atoms with Crippen LogP contribution in [0.25, 0.3) is 0 Å². The Bertz CT molecular complexity index is 200. The molecular formula is C11H18I2O4. The Morgan fingerprint density at radius 2 is 1.18 bits per heavy atom. The van der Waals surface area contributed by atoms with E-state index in [1.807, 2.05) is 0 Å². The van der Waals surface area contributed by atoms with Gasteiger partial charge in [-0.05, 0) is 34.5 Å². The van der Waals surface area contributed by atoms with Gasteiger partial charge in [-0.1, -0.05) is 45.2 Å². The fourth-order valence-electron chi connectivity index (χ4n) is 1.03. The summed E-state index contributed by atoms with van der Waals surface area (Å²) in [5, 5.41) is 0. The second kappa shape index (κ2) is 12.8. The molecule has 17 heavy (non-hydrogen) atoms. The van der Waals surface area contributed by atoms with E-state index in [4.69, 9.17) is 9.47 Å². The van der Waals surface area contributed by atoms with Crippen molar-refractivity contribution in [2.45, 2.75) is 38.5 Å². The fourth-order valence-corrected chi connectivity index (χ4v) is 2.11. The lowest BCUT2D eigenvalue weighted by Gasteiger charge is -2.05. The molecule has 0 aliphatic carbocycles. The van der Waals surface area contributed by atoms with Crippen molar-refractivity contribution in [3.05, 3.63) is 0 Å². The van der Waals surface area contributed by atoms with Gasteiger partial charge in [0.25, 0.3) is 0 Å². The van der Waals surface area contributed by atoms with Crippen molar-refractivity contribution in [3.63, 3.8) is 0 Å². The minimum absolute atomic E-state index is 0.244. The highest BCUT2D eigenvalue weighted by atomic mass is 127. The Balaban J connectivity index is 3.36. The Labute approximate surface area is 129 Å². The predicted molar refractivity (Wildman–Crippen MR) is 82.5 cm³/mol. The third-order valence-corrected chi connectivity index (χ3v) is 3.49. The first kappa shape index (κ1) is 17.4. The second-order valence-electron chi connectivity index (χ2n) is 3.44. The van der Waals surface area contributed by atoms with Crippen molar-refractivity contribution >= 4 is 57.1 Å². The van der Waals surface area contributed by atoms with Gasteiger partial charge in [0.2, 0.25) is 6.79 Å². The highest BCUT2D eigenvalue weighted by Gasteiger charge is 2.05. The number of hydrogen-bond donors (Lipinski definition) is 0. The van der Waals surface area contributed by atoms with Crippen LogP contribution in [-0.4, -0.2) is 27.6 Å². The van der Waals surface area contributed by atoms with Crippen LogP contribution in [0.15, 0.2) is 0 Å². The van der Waals surface area contributed by atoms with Gasteiger partial charge in [-0.25, -0.2) is 0 Å². The van der Waals surface area contributed by atoms with Gasteiger partial charge in [0, 0.05) is 12.8 Å². The van der Waals surface area contributed by atoms with E-state index >= 15 is 0 Å². The summed E-state index contributed by atoms with van der Waals surface area (Å²) in [4.78, 5) is 22.3. The van der Waals surface area contributed by atoms with Crippen LogP contribution in [0.1, 0.15) is 38.5 Å². The first-order chi connectivity index (χ1) is 8.20. The zero-order chi connectivity index (χ0) is 12.9. The molecule has 0 aliphatic heterocycles. The van der Waals surface area contributed by atoms with Crippen molar-refractivity contribution in [1.29, 1.82) is 0 Å². The third kappa shape index (κ3) is 12.6. The van der Waals surface area contributed by atoms with E-state index in [1.54, 1.807) is 0 Å².